The van der Waals surface area contributed by atoms with Crippen molar-refractivity contribution in [3.8, 4) is 0 Å². The fourth-order valence-electron chi connectivity index (χ4n) is 0.843. The van der Waals surface area contributed by atoms with Crippen LogP contribution in [0.4, 0.5) is 4.39 Å². The van der Waals surface area contributed by atoms with E-state index in [0.717, 1.165) is 0 Å². The van der Waals surface area contributed by atoms with Crippen molar-refractivity contribution in [1.82, 2.24) is 0 Å². The van der Waals surface area contributed by atoms with Gasteiger partial charge in [-0.05, 0) is 26.8 Å². The molecule has 2 nitrogen and oxygen atoms in total. The van der Waals surface area contributed by atoms with Gasteiger partial charge in [-0.2, -0.15) is 0 Å². The molecule has 0 spiro atoms. The number of halogens is 1. The molecule has 82 valence electrons. The van der Waals surface area contributed by atoms with Gasteiger partial charge in [-0.15, -0.1) is 0 Å². The maximum absolute atomic E-state index is 13.1. The van der Waals surface area contributed by atoms with Crippen LogP contribution in [0.1, 0.15) is 26.3 Å². The smallest absolute Gasteiger partial charge is 0.144 e. The minimum atomic E-state index is -1.34. The van der Waals surface area contributed by atoms with E-state index in [4.69, 9.17) is 0 Å². The molecule has 0 aromatic heterocycles. The van der Waals surface area contributed by atoms with Crippen LogP contribution in [-0.4, -0.2) is 15.5 Å². The van der Waals surface area contributed by atoms with Crippen molar-refractivity contribution in [2.45, 2.75) is 25.5 Å². The Bertz CT molecular complexity index is 360. The van der Waals surface area contributed by atoms with Gasteiger partial charge in [0.15, 0.2) is 0 Å². The summed E-state index contributed by atoms with van der Waals surface area (Å²) in [6, 6.07) is 6.26. The van der Waals surface area contributed by atoms with E-state index in [1.807, 2.05) is 20.8 Å². The van der Waals surface area contributed by atoms with Crippen molar-refractivity contribution in [1.29, 1.82) is 0 Å². The minimum absolute atomic E-state index is 0.354. The third-order valence-electron chi connectivity index (χ3n) is 1.72. The first-order valence-corrected chi connectivity index (χ1v) is 5.72. The second-order valence-corrected chi connectivity index (χ2v) is 6.05. The second-order valence-electron chi connectivity index (χ2n) is 4.12. The SMILES string of the molecule is CC(C)(C)[S@+]([O-])N=Cc1ccccc1F. The van der Waals surface area contributed by atoms with Gasteiger partial charge in [0.25, 0.3) is 0 Å². The molecule has 0 N–H and O–H groups in total. The molecule has 0 heterocycles. The summed E-state index contributed by atoms with van der Waals surface area (Å²) >= 11 is -1.34. The highest BCUT2D eigenvalue weighted by Crippen LogP contribution is 2.17. The quantitative estimate of drug-likeness (QED) is 0.565. The van der Waals surface area contributed by atoms with E-state index in [1.54, 1.807) is 18.2 Å². The van der Waals surface area contributed by atoms with E-state index in [0.29, 0.717) is 5.56 Å². The molecule has 0 unspecified atom stereocenters. The number of benzene rings is 1. The summed E-state index contributed by atoms with van der Waals surface area (Å²) < 4.78 is 28.1. The second kappa shape index (κ2) is 4.77. The van der Waals surface area contributed by atoms with Crippen molar-refractivity contribution in [3.63, 3.8) is 0 Å². The van der Waals surface area contributed by atoms with Crippen LogP contribution in [0.2, 0.25) is 0 Å². The zero-order valence-electron chi connectivity index (χ0n) is 9.03. The van der Waals surface area contributed by atoms with Gasteiger partial charge in [0.05, 0.1) is 6.21 Å². The van der Waals surface area contributed by atoms with Gasteiger partial charge >= 0.3 is 0 Å². The average molecular weight is 227 g/mol. The molecule has 15 heavy (non-hydrogen) atoms. The lowest BCUT2D eigenvalue weighted by molar-refractivity contribution is 0.561. The first-order valence-electron chi connectivity index (χ1n) is 4.62. The van der Waals surface area contributed by atoms with E-state index in [2.05, 4.69) is 4.40 Å². The first-order chi connectivity index (χ1) is 6.91. The molecule has 0 saturated heterocycles. The normalized spacial score (nSPS) is 14.5. The van der Waals surface area contributed by atoms with Crippen molar-refractivity contribution in [2.24, 2.45) is 4.40 Å². The molecular weight excluding hydrogens is 213 g/mol. The molecule has 1 aromatic rings. The van der Waals surface area contributed by atoms with Gasteiger partial charge in [-0.3, -0.25) is 0 Å². The molecule has 0 radical (unpaired) electrons. The lowest BCUT2D eigenvalue weighted by Crippen LogP contribution is -2.25. The van der Waals surface area contributed by atoms with Crippen LogP contribution in [0, 0.1) is 5.82 Å². The van der Waals surface area contributed by atoms with E-state index in [-0.39, 0.29) is 5.82 Å². The predicted octanol–water partition coefficient (Wildman–Crippen LogP) is 2.71. The largest absolute Gasteiger partial charge is 0.591 e. The summed E-state index contributed by atoms with van der Waals surface area (Å²) in [4.78, 5) is 0. The number of hydrogen-bond donors (Lipinski definition) is 0. The van der Waals surface area contributed by atoms with Gasteiger partial charge < -0.3 is 4.55 Å². The maximum Gasteiger partial charge on any atom is 0.144 e. The Morgan fingerprint density at radius 2 is 1.93 bits per heavy atom. The minimum Gasteiger partial charge on any atom is -0.591 e. The van der Waals surface area contributed by atoms with Crippen molar-refractivity contribution >= 4 is 17.6 Å². The van der Waals surface area contributed by atoms with Gasteiger partial charge in [0.1, 0.15) is 21.9 Å². The van der Waals surface area contributed by atoms with Crippen LogP contribution in [0.5, 0.6) is 0 Å². The lowest BCUT2D eigenvalue weighted by atomic mass is 10.2. The Labute approximate surface area is 92.5 Å². The van der Waals surface area contributed by atoms with E-state index >= 15 is 0 Å². The van der Waals surface area contributed by atoms with E-state index in [1.165, 1.54) is 12.3 Å². The Hall–Kier alpha value is -0.870. The summed E-state index contributed by atoms with van der Waals surface area (Å²) in [5, 5.41) is 0. The van der Waals surface area contributed by atoms with Crippen LogP contribution in [0.25, 0.3) is 0 Å². The van der Waals surface area contributed by atoms with Crippen molar-refractivity contribution in [2.75, 3.05) is 0 Å². The highest BCUT2D eigenvalue weighted by atomic mass is 32.2. The summed E-state index contributed by atoms with van der Waals surface area (Å²) in [6.45, 7) is 5.46. The molecule has 1 atom stereocenters. The standard InChI is InChI=1S/C11H14FNOS/c1-11(2,3)15(14)13-8-9-6-4-5-7-10(9)12/h4-8H,1-3H3/t15-/m0/s1. The van der Waals surface area contributed by atoms with Crippen LogP contribution in [-0.2, 0) is 11.4 Å². The molecule has 1 rings (SSSR count). The maximum atomic E-state index is 13.1. The Morgan fingerprint density at radius 1 is 1.33 bits per heavy atom. The monoisotopic (exact) mass is 227 g/mol. The number of rotatable bonds is 2. The predicted molar refractivity (Wildman–Crippen MR) is 61.9 cm³/mol. The third-order valence-corrected chi connectivity index (χ3v) is 3.06. The van der Waals surface area contributed by atoms with E-state index in [9.17, 15) is 8.94 Å². The molecule has 0 saturated carbocycles. The number of nitrogens with zero attached hydrogens (tertiary/aromatic N) is 1. The van der Waals surface area contributed by atoms with Gasteiger partial charge in [0, 0.05) is 5.56 Å². The zero-order chi connectivity index (χ0) is 11.5. The van der Waals surface area contributed by atoms with E-state index < -0.39 is 16.1 Å². The van der Waals surface area contributed by atoms with Gasteiger partial charge in [-0.25, -0.2) is 4.39 Å². The lowest BCUT2D eigenvalue weighted by Gasteiger charge is -2.17. The molecule has 1 aromatic carbocycles. The Morgan fingerprint density at radius 3 is 2.47 bits per heavy atom. The molecule has 0 aliphatic rings. The highest BCUT2D eigenvalue weighted by molar-refractivity contribution is 7.91. The summed E-state index contributed by atoms with van der Waals surface area (Å²) in [7, 11) is 0. The molecule has 0 aliphatic heterocycles. The third kappa shape index (κ3) is 3.64. The van der Waals surface area contributed by atoms with Crippen molar-refractivity contribution < 1.29 is 8.94 Å². The van der Waals surface area contributed by atoms with Crippen LogP contribution in [0.15, 0.2) is 28.7 Å². The summed E-state index contributed by atoms with van der Waals surface area (Å²) in [5.41, 5.74) is 0.357. The molecule has 0 aliphatic carbocycles. The fourth-order valence-corrected chi connectivity index (χ4v) is 1.37. The van der Waals surface area contributed by atoms with Crippen LogP contribution < -0.4 is 0 Å². The van der Waals surface area contributed by atoms with Gasteiger partial charge in [0.2, 0.25) is 0 Å². The first kappa shape index (κ1) is 12.2. The Balaban J connectivity index is 2.79. The van der Waals surface area contributed by atoms with Crippen LogP contribution in [0.3, 0.4) is 0 Å². The molecule has 0 amide bonds. The highest BCUT2D eigenvalue weighted by Gasteiger charge is 2.25. The van der Waals surface area contributed by atoms with Crippen molar-refractivity contribution in [3.05, 3.63) is 35.6 Å². The topological polar surface area (TPSA) is 35.4 Å². The molecule has 0 bridgehead atoms. The summed E-state index contributed by atoms with van der Waals surface area (Å²) in [6.07, 6.45) is 1.32. The average Bonchev–Trinajstić information content (AvgIpc) is 2.14. The Kier molecular flexibility index (Phi) is 3.88. The summed E-state index contributed by atoms with van der Waals surface area (Å²) in [5.74, 6) is -0.354. The molecular formula is C11H14FNOS. The zero-order valence-corrected chi connectivity index (χ0v) is 9.84. The van der Waals surface area contributed by atoms with Crippen LogP contribution >= 0.6 is 0 Å². The molecule has 4 heteroatoms. The number of hydrogen-bond acceptors (Lipinski definition) is 2. The van der Waals surface area contributed by atoms with Gasteiger partial charge in [-0.1, -0.05) is 22.6 Å². The molecule has 0 fully saturated rings. The fraction of sp³-hybridized carbons (Fsp3) is 0.364.